The molecule has 3 atom stereocenters. The summed E-state index contributed by atoms with van der Waals surface area (Å²) in [4.78, 5) is 0.506. The second-order valence-electron chi connectivity index (χ2n) is 1.85. The molecule has 0 nitrogen and oxygen atoms in total. The summed E-state index contributed by atoms with van der Waals surface area (Å²) in [6.45, 7) is 0. The first kappa shape index (κ1) is 9.21. The Morgan fingerprint density at radius 2 is 2.00 bits per heavy atom. The van der Waals surface area contributed by atoms with Crippen molar-refractivity contribution in [3.8, 4) is 0 Å². The molecule has 0 amide bonds. The van der Waals surface area contributed by atoms with Crippen LogP contribution in [0.4, 0.5) is 0 Å². The van der Waals surface area contributed by atoms with E-state index in [9.17, 15) is 0 Å². The van der Waals surface area contributed by atoms with Crippen molar-refractivity contribution in [2.24, 2.45) is 0 Å². The largest absolute Gasteiger partial charge is 0.172 e. The first-order valence-electron chi connectivity index (χ1n) is 2.91. The average molecular weight is 168 g/mol. The smallest absolute Gasteiger partial charge is 0.0160 e. The molecular weight excluding hydrogens is 154 g/mol. The van der Waals surface area contributed by atoms with Crippen LogP contribution >= 0.6 is 31.1 Å². The van der Waals surface area contributed by atoms with Crippen LogP contribution < -0.4 is 0 Å². The van der Waals surface area contributed by atoms with Gasteiger partial charge >= 0.3 is 0 Å². The molecule has 0 heterocycles. The molecule has 0 spiro atoms. The summed E-state index contributed by atoms with van der Waals surface area (Å²) in [7, 11) is 5.42. The quantitative estimate of drug-likeness (QED) is 0.371. The normalized spacial score (nSPS) is 13.9. The lowest BCUT2D eigenvalue weighted by Crippen LogP contribution is -1.85. The van der Waals surface area contributed by atoms with Crippen LogP contribution in [-0.2, 0) is 0 Å². The Morgan fingerprint density at radius 1 is 1.38 bits per heavy atom. The lowest BCUT2D eigenvalue weighted by atomic mass is 10.3. The maximum Gasteiger partial charge on any atom is 0.0160 e. The van der Waals surface area contributed by atoms with Gasteiger partial charge in [-0.15, -0.1) is 18.5 Å². The Balaban J connectivity index is 2.72. The van der Waals surface area contributed by atoms with Gasteiger partial charge in [-0.2, -0.15) is 12.6 Å². The molecule has 3 unspecified atom stereocenters. The van der Waals surface area contributed by atoms with Gasteiger partial charge in [-0.3, -0.25) is 0 Å². The highest BCUT2D eigenvalue weighted by Crippen LogP contribution is 2.13. The van der Waals surface area contributed by atoms with Crippen molar-refractivity contribution >= 4 is 31.1 Å². The van der Waals surface area contributed by atoms with Crippen molar-refractivity contribution in [3.63, 3.8) is 0 Å². The number of unbranched alkanes of at least 4 members (excludes halogenated alkanes) is 1. The second-order valence-corrected chi connectivity index (χ2v) is 4.46. The van der Waals surface area contributed by atoms with Gasteiger partial charge in [0, 0.05) is 4.99 Å². The highest BCUT2D eigenvalue weighted by molar-refractivity contribution is 7.85. The van der Waals surface area contributed by atoms with Crippen LogP contribution in [0.15, 0.2) is 0 Å². The molecule has 0 radical (unpaired) electrons. The van der Waals surface area contributed by atoms with E-state index in [0.717, 1.165) is 0 Å². The van der Waals surface area contributed by atoms with Gasteiger partial charge in [0.25, 0.3) is 0 Å². The van der Waals surface area contributed by atoms with Crippen LogP contribution in [0, 0.1) is 0 Å². The topological polar surface area (TPSA) is 0 Å². The van der Waals surface area contributed by atoms with Crippen LogP contribution in [0.25, 0.3) is 0 Å². The van der Waals surface area contributed by atoms with Crippen LogP contribution in [0.3, 0.4) is 0 Å². The Labute approximate surface area is 62.0 Å². The fraction of sp³-hybridized carbons (Fsp3) is 1.00. The maximum atomic E-state index is 4.23. The average Bonchev–Trinajstić information content (AvgIpc) is 1.66. The maximum absolute atomic E-state index is 4.23. The summed E-state index contributed by atoms with van der Waals surface area (Å²) in [6.07, 6.45) is 5.07. The van der Waals surface area contributed by atoms with E-state index in [1.54, 1.807) is 0 Å². The molecule has 8 heavy (non-hydrogen) atoms. The van der Waals surface area contributed by atoms with Crippen LogP contribution in [-0.4, -0.2) is 11.2 Å². The molecule has 0 bridgehead atoms. The second kappa shape index (κ2) is 6.33. The van der Waals surface area contributed by atoms with E-state index >= 15 is 0 Å². The summed E-state index contributed by atoms with van der Waals surface area (Å²) in [5.41, 5.74) is 0. The highest BCUT2D eigenvalue weighted by Gasteiger charge is 1.91. The molecule has 0 aromatic rings. The lowest BCUT2D eigenvalue weighted by Gasteiger charge is -1.99. The molecule has 0 aliphatic rings. The van der Waals surface area contributed by atoms with Gasteiger partial charge in [-0.25, -0.2) is 0 Å². The summed E-state index contributed by atoms with van der Waals surface area (Å²) >= 11 is 4.23. The van der Waals surface area contributed by atoms with Crippen LogP contribution in [0.5, 0.6) is 0 Å². The molecule has 0 N–H and O–H groups in total. The third-order valence-electron chi connectivity index (χ3n) is 0.954. The van der Waals surface area contributed by atoms with E-state index in [0.29, 0.717) is 4.99 Å². The van der Waals surface area contributed by atoms with Gasteiger partial charge < -0.3 is 0 Å². The van der Waals surface area contributed by atoms with Gasteiger partial charge in [0.15, 0.2) is 0 Å². The van der Waals surface area contributed by atoms with Crippen molar-refractivity contribution in [2.45, 2.75) is 24.3 Å². The zero-order valence-electron chi connectivity index (χ0n) is 5.01. The predicted octanol–water partition coefficient (Wildman–Crippen LogP) is 2.16. The number of thiol groups is 1. The van der Waals surface area contributed by atoms with Gasteiger partial charge in [0.1, 0.15) is 0 Å². The lowest BCUT2D eigenvalue weighted by molar-refractivity contribution is 0.771. The first-order chi connectivity index (χ1) is 3.77. The van der Waals surface area contributed by atoms with E-state index in [-0.39, 0.29) is 0 Å². The van der Waals surface area contributed by atoms with E-state index in [4.69, 9.17) is 0 Å². The van der Waals surface area contributed by atoms with Crippen LogP contribution in [0.1, 0.15) is 19.3 Å². The Hall–Kier alpha value is 1.21. The molecule has 3 heteroatoms. The molecule has 0 saturated heterocycles. The summed E-state index contributed by atoms with van der Waals surface area (Å²) < 4.78 is 0. The molecule has 0 saturated carbocycles. The molecule has 0 aromatic carbocycles. The number of hydrogen-bond donors (Lipinski definition) is 1. The Morgan fingerprint density at radius 3 is 2.38 bits per heavy atom. The molecular formula is C5H14P2S. The fourth-order valence-corrected chi connectivity index (χ4v) is 1.20. The van der Waals surface area contributed by atoms with Crippen molar-refractivity contribution in [3.05, 3.63) is 0 Å². The van der Waals surface area contributed by atoms with E-state index < -0.39 is 0 Å². The first-order valence-corrected chi connectivity index (χ1v) is 4.91. The number of rotatable bonds is 4. The molecule has 0 aliphatic heterocycles. The third kappa shape index (κ3) is 7.21. The molecule has 0 aromatic heterocycles. The minimum absolute atomic E-state index is 0.506. The summed E-state index contributed by atoms with van der Waals surface area (Å²) in [6, 6.07) is 0. The predicted molar refractivity (Wildman–Crippen MR) is 50.9 cm³/mol. The zero-order valence-corrected chi connectivity index (χ0v) is 8.21. The van der Waals surface area contributed by atoms with Crippen molar-refractivity contribution in [2.75, 3.05) is 6.16 Å². The third-order valence-corrected chi connectivity index (χ3v) is 1.95. The summed E-state index contributed by atoms with van der Waals surface area (Å²) in [5, 5.41) is 0. The van der Waals surface area contributed by atoms with Crippen molar-refractivity contribution < 1.29 is 0 Å². The molecule has 50 valence electrons. The SMILES string of the molecule is PCCCCC(P)S. The van der Waals surface area contributed by atoms with Gasteiger partial charge in [-0.05, 0) is 19.0 Å². The Bertz CT molecular complexity index is 47.7. The Kier molecular flexibility index (Phi) is 7.29. The van der Waals surface area contributed by atoms with E-state index in [1.807, 2.05) is 0 Å². The van der Waals surface area contributed by atoms with Crippen molar-refractivity contribution in [1.29, 1.82) is 0 Å². The minimum atomic E-state index is 0.506. The summed E-state index contributed by atoms with van der Waals surface area (Å²) in [5.74, 6) is 0. The monoisotopic (exact) mass is 168 g/mol. The molecule has 0 fully saturated rings. The fourth-order valence-electron chi connectivity index (χ4n) is 0.498. The van der Waals surface area contributed by atoms with Gasteiger partial charge in [0.05, 0.1) is 0 Å². The minimum Gasteiger partial charge on any atom is -0.172 e. The van der Waals surface area contributed by atoms with Crippen LogP contribution in [0.2, 0.25) is 0 Å². The highest BCUT2D eigenvalue weighted by atomic mass is 32.1. The van der Waals surface area contributed by atoms with Gasteiger partial charge in [0.2, 0.25) is 0 Å². The zero-order chi connectivity index (χ0) is 6.41. The van der Waals surface area contributed by atoms with Crippen molar-refractivity contribution in [1.82, 2.24) is 0 Å². The standard InChI is InChI=1S/C5H14P2S/c6-4-2-1-3-5(7)8/h5,8H,1-4,6-7H2. The van der Waals surface area contributed by atoms with E-state index in [2.05, 4.69) is 31.1 Å². The molecule has 0 rings (SSSR count). The van der Waals surface area contributed by atoms with Gasteiger partial charge in [-0.1, -0.05) is 6.42 Å². The molecule has 0 aliphatic carbocycles. The number of hydrogen-bond acceptors (Lipinski definition) is 1. The van der Waals surface area contributed by atoms with E-state index in [1.165, 1.54) is 25.4 Å².